The lowest BCUT2D eigenvalue weighted by Crippen LogP contribution is -2.34. The van der Waals surface area contributed by atoms with Crippen molar-refractivity contribution in [2.75, 3.05) is 13.3 Å². The van der Waals surface area contributed by atoms with Gasteiger partial charge in [0.05, 0.1) is 0 Å². The Morgan fingerprint density at radius 3 is 2.80 bits per heavy atom. The summed E-state index contributed by atoms with van der Waals surface area (Å²) in [7, 11) is -1.57. The molecule has 0 saturated heterocycles. The molecule has 0 bridgehead atoms. The SMILES string of the molecule is CNCc1scc(C)c1S(=O)(=O)NC1CCC(SC)C1. The van der Waals surface area contributed by atoms with Crippen molar-refractivity contribution in [1.82, 2.24) is 10.0 Å². The molecule has 1 aliphatic rings. The lowest BCUT2D eigenvalue weighted by atomic mass is 10.3. The van der Waals surface area contributed by atoms with E-state index in [9.17, 15) is 8.42 Å². The van der Waals surface area contributed by atoms with E-state index >= 15 is 0 Å². The van der Waals surface area contributed by atoms with Crippen LogP contribution >= 0.6 is 23.1 Å². The number of thiophene rings is 1. The van der Waals surface area contributed by atoms with E-state index in [1.54, 1.807) is 0 Å². The largest absolute Gasteiger partial charge is 0.315 e. The van der Waals surface area contributed by atoms with Crippen LogP contribution in [-0.2, 0) is 16.6 Å². The van der Waals surface area contributed by atoms with Gasteiger partial charge in [0.25, 0.3) is 0 Å². The highest BCUT2D eigenvalue weighted by atomic mass is 32.2. The van der Waals surface area contributed by atoms with E-state index in [1.807, 2.05) is 31.1 Å². The Bertz CT molecular complexity index is 554. The van der Waals surface area contributed by atoms with E-state index in [4.69, 9.17) is 0 Å². The Kier molecular flexibility index (Phi) is 5.53. The first-order chi connectivity index (χ1) is 9.47. The molecule has 4 nitrogen and oxygen atoms in total. The molecular weight excluding hydrogens is 312 g/mol. The third-order valence-corrected chi connectivity index (χ3v) is 7.71. The standard InChI is InChI=1S/C13H22N2O2S3/c1-9-8-19-12(7-14-2)13(9)20(16,17)15-10-4-5-11(6-10)18-3/h8,10-11,14-15H,4-7H2,1-3H3. The first-order valence-corrected chi connectivity index (χ1v) is 10.4. The molecule has 0 amide bonds. The van der Waals surface area contributed by atoms with Crippen molar-refractivity contribution in [2.24, 2.45) is 0 Å². The zero-order valence-electron chi connectivity index (χ0n) is 12.1. The summed E-state index contributed by atoms with van der Waals surface area (Å²) in [4.78, 5) is 1.36. The molecule has 0 spiro atoms. The number of rotatable bonds is 6. The van der Waals surface area contributed by atoms with Gasteiger partial charge in [-0.2, -0.15) is 11.8 Å². The second kappa shape index (κ2) is 6.79. The van der Waals surface area contributed by atoms with Gasteiger partial charge < -0.3 is 5.32 Å². The Hall–Kier alpha value is -0.0800. The molecule has 1 fully saturated rings. The summed E-state index contributed by atoms with van der Waals surface area (Å²) >= 11 is 3.34. The van der Waals surface area contributed by atoms with Gasteiger partial charge in [0.2, 0.25) is 10.0 Å². The second-order valence-electron chi connectivity index (χ2n) is 5.19. The fraction of sp³-hybridized carbons (Fsp3) is 0.692. The normalized spacial score (nSPS) is 23.4. The smallest absolute Gasteiger partial charge is 0.242 e. The van der Waals surface area contributed by atoms with Crippen molar-refractivity contribution in [3.63, 3.8) is 0 Å². The van der Waals surface area contributed by atoms with Crippen LogP contribution in [0.15, 0.2) is 10.3 Å². The van der Waals surface area contributed by atoms with E-state index in [0.29, 0.717) is 16.7 Å². The molecule has 2 rings (SSSR count). The topological polar surface area (TPSA) is 58.2 Å². The first kappa shape index (κ1) is 16.3. The van der Waals surface area contributed by atoms with Gasteiger partial charge in [-0.05, 0) is 50.4 Å². The summed E-state index contributed by atoms with van der Waals surface area (Å²) in [5.41, 5.74) is 0.840. The van der Waals surface area contributed by atoms with Crippen LogP contribution in [0.1, 0.15) is 29.7 Å². The average Bonchev–Trinajstić information content (AvgIpc) is 2.96. The Morgan fingerprint density at radius 1 is 1.45 bits per heavy atom. The summed E-state index contributed by atoms with van der Waals surface area (Å²) in [6.45, 7) is 2.45. The predicted molar refractivity (Wildman–Crippen MR) is 87.1 cm³/mol. The maximum Gasteiger partial charge on any atom is 0.242 e. The lowest BCUT2D eigenvalue weighted by molar-refractivity contribution is 0.551. The maximum atomic E-state index is 12.6. The van der Waals surface area contributed by atoms with Crippen LogP contribution in [0, 0.1) is 6.92 Å². The molecule has 0 aromatic carbocycles. The van der Waals surface area contributed by atoms with Gasteiger partial charge in [0.15, 0.2) is 0 Å². The molecule has 2 N–H and O–H groups in total. The number of aryl methyl sites for hydroxylation is 1. The number of thioether (sulfide) groups is 1. The Labute approximate surface area is 129 Å². The van der Waals surface area contributed by atoms with Gasteiger partial charge in [-0.1, -0.05) is 0 Å². The van der Waals surface area contributed by atoms with Crippen molar-refractivity contribution < 1.29 is 8.42 Å². The van der Waals surface area contributed by atoms with Crippen LogP contribution in [0.5, 0.6) is 0 Å². The van der Waals surface area contributed by atoms with Gasteiger partial charge in [-0.15, -0.1) is 11.3 Å². The lowest BCUT2D eigenvalue weighted by Gasteiger charge is -2.14. The van der Waals surface area contributed by atoms with E-state index in [1.165, 1.54) is 11.3 Å². The molecule has 1 aromatic heterocycles. The van der Waals surface area contributed by atoms with Crippen LogP contribution in [0.3, 0.4) is 0 Å². The van der Waals surface area contributed by atoms with Gasteiger partial charge >= 0.3 is 0 Å². The minimum absolute atomic E-state index is 0.0826. The van der Waals surface area contributed by atoms with Crippen LogP contribution in [-0.4, -0.2) is 33.0 Å². The van der Waals surface area contributed by atoms with Crippen molar-refractivity contribution in [3.8, 4) is 0 Å². The number of nitrogens with one attached hydrogen (secondary N) is 2. The molecular formula is C13H22N2O2S3. The van der Waals surface area contributed by atoms with Crippen LogP contribution in [0.4, 0.5) is 0 Å². The van der Waals surface area contributed by atoms with Gasteiger partial charge in [-0.25, -0.2) is 13.1 Å². The summed E-state index contributed by atoms with van der Waals surface area (Å²) in [5, 5.41) is 5.54. The van der Waals surface area contributed by atoms with Gasteiger partial charge in [0, 0.05) is 22.7 Å². The van der Waals surface area contributed by atoms with E-state index < -0.39 is 10.0 Å². The van der Waals surface area contributed by atoms with Crippen molar-refractivity contribution >= 4 is 33.1 Å². The van der Waals surface area contributed by atoms with E-state index in [-0.39, 0.29) is 6.04 Å². The quantitative estimate of drug-likeness (QED) is 0.838. The molecule has 0 aliphatic heterocycles. The van der Waals surface area contributed by atoms with Crippen LogP contribution in [0.25, 0.3) is 0 Å². The highest BCUT2D eigenvalue weighted by molar-refractivity contribution is 7.99. The Morgan fingerprint density at radius 2 is 2.20 bits per heavy atom. The molecule has 20 heavy (non-hydrogen) atoms. The second-order valence-corrected chi connectivity index (χ2v) is 8.94. The molecule has 0 radical (unpaired) electrons. The van der Waals surface area contributed by atoms with Crippen LogP contribution in [0.2, 0.25) is 0 Å². The molecule has 2 atom stereocenters. The summed E-state index contributed by atoms with van der Waals surface area (Å²) < 4.78 is 28.1. The van der Waals surface area contributed by atoms with E-state index in [2.05, 4.69) is 16.3 Å². The highest BCUT2D eigenvalue weighted by Gasteiger charge is 2.30. The molecule has 2 unspecified atom stereocenters. The monoisotopic (exact) mass is 334 g/mol. The zero-order chi connectivity index (χ0) is 14.8. The van der Waals surface area contributed by atoms with Crippen molar-refractivity contribution in [2.45, 2.75) is 48.9 Å². The van der Waals surface area contributed by atoms with Gasteiger partial charge in [-0.3, -0.25) is 0 Å². The van der Waals surface area contributed by atoms with Crippen molar-refractivity contribution in [1.29, 1.82) is 0 Å². The third-order valence-electron chi connectivity index (χ3n) is 3.64. The fourth-order valence-electron chi connectivity index (χ4n) is 2.67. The van der Waals surface area contributed by atoms with E-state index in [0.717, 1.165) is 29.7 Å². The highest BCUT2D eigenvalue weighted by Crippen LogP contribution is 2.31. The molecule has 1 aliphatic carbocycles. The molecule has 7 heteroatoms. The van der Waals surface area contributed by atoms with Gasteiger partial charge in [0.1, 0.15) is 4.90 Å². The predicted octanol–water partition coefficient (Wildman–Crippen LogP) is 2.34. The maximum absolute atomic E-state index is 12.6. The minimum atomic E-state index is -3.40. The first-order valence-electron chi connectivity index (χ1n) is 6.74. The summed E-state index contributed by atoms with van der Waals surface area (Å²) in [5.74, 6) is 0. The number of hydrogen-bond donors (Lipinski definition) is 2. The summed E-state index contributed by atoms with van der Waals surface area (Å²) in [6, 6.07) is 0.0826. The van der Waals surface area contributed by atoms with Crippen LogP contribution < -0.4 is 10.0 Å². The fourth-order valence-corrected chi connectivity index (χ4v) is 6.57. The molecule has 1 heterocycles. The molecule has 1 saturated carbocycles. The molecule has 114 valence electrons. The molecule has 1 aromatic rings. The average molecular weight is 335 g/mol. The third kappa shape index (κ3) is 3.57. The number of hydrogen-bond acceptors (Lipinski definition) is 5. The summed E-state index contributed by atoms with van der Waals surface area (Å²) in [6.07, 6.45) is 5.07. The zero-order valence-corrected chi connectivity index (χ0v) is 14.6. The van der Waals surface area contributed by atoms with Crippen molar-refractivity contribution in [3.05, 3.63) is 15.8 Å². The minimum Gasteiger partial charge on any atom is -0.315 e. The Balaban J connectivity index is 2.16. The number of sulfonamides is 1.